The minimum Gasteiger partial charge on any atom is -0.495 e. The summed E-state index contributed by atoms with van der Waals surface area (Å²) in [6, 6.07) is 29.5. The van der Waals surface area contributed by atoms with Gasteiger partial charge in [0.1, 0.15) is 17.2 Å². The Morgan fingerprint density at radius 1 is 0.921 bits per heavy atom. The number of sulfonamides is 1. The fraction of sp³-hybridized carbons (Fsp3) is 0.167. The summed E-state index contributed by atoms with van der Waals surface area (Å²) in [4.78, 5) is 15.3. The molecule has 0 atom stereocenters. The molecule has 0 aliphatic carbocycles. The number of ether oxygens (including phenoxy) is 1. The van der Waals surface area contributed by atoms with Crippen LogP contribution in [0.5, 0.6) is 5.75 Å². The number of carbonyl (C=O) groups excluding carboxylic acids is 1. The first-order valence-electron chi connectivity index (χ1n) is 12.2. The van der Waals surface area contributed by atoms with Gasteiger partial charge in [-0.1, -0.05) is 67.2 Å². The van der Waals surface area contributed by atoms with Gasteiger partial charge < -0.3 is 10.1 Å². The lowest BCUT2D eigenvalue weighted by Crippen LogP contribution is -2.38. The molecule has 0 aliphatic rings. The number of anilines is 2. The molecule has 0 aliphatic heterocycles. The van der Waals surface area contributed by atoms with Crippen molar-refractivity contribution in [2.45, 2.75) is 35.0 Å². The fourth-order valence-electron chi connectivity index (χ4n) is 3.91. The SMILES string of the molecule is CCc1ccc(N(CC(=O)Nc2ccccc2Sc2ccccc2)S(=O)(=O)c2cc(C)ccc2OC)cc1. The van der Waals surface area contributed by atoms with Crippen LogP contribution < -0.4 is 14.4 Å². The summed E-state index contributed by atoms with van der Waals surface area (Å²) in [6.45, 7) is 3.43. The molecule has 4 rings (SSSR count). The summed E-state index contributed by atoms with van der Waals surface area (Å²) in [5.41, 5.74) is 2.84. The molecule has 0 fully saturated rings. The van der Waals surface area contributed by atoms with Crippen LogP contribution in [-0.4, -0.2) is 28.0 Å². The molecule has 1 N–H and O–H groups in total. The molecule has 4 aromatic carbocycles. The minimum atomic E-state index is -4.14. The molecule has 1 amide bonds. The van der Waals surface area contributed by atoms with Gasteiger partial charge in [-0.15, -0.1) is 0 Å². The van der Waals surface area contributed by atoms with Crippen LogP contribution in [0.4, 0.5) is 11.4 Å². The molecule has 6 nitrogen and oxygen atoms in total. The van der Waals surface area contributed by atoms with Crippen LogP contribution in [0.3, 0.4) is 0 Å². The largest absolute Gasteiger partial charge is 0.495 e. The summed E-state index contributed by atoms with van der Waals surface area (Å²) < 4.78 is 34.5. The van der Waals surface area contributed by atoms with Gasteiger partial charge in [0.15, 0.2) is 0 Å². The van der Waals surface area contributed by atoms with Crippen LogP contribution in [0.25, 0.3) is 0 Å². The van der Waals surface area contributed by atoms with Crippen molar-refractivity contribution in [1.82, 2.24) is 0 Å². The van der Waals surface area contributed by atoms with E-state index in [1.54, 1.807) is 30.3 Å². The number of methoxy groups -OCH3 is 1. The third kappa shape index (κ3) is 6.38. The van der Waals surface area contributed by atoms with E-state index in [0.29, 0.717) is 11.4 Å². The van der Waals surface area contributed by atoms with E-state index in [1.807, 2.05) is 80.6 Å². The van der Waals surface area contributed by atoms with Crippen molar-refractivity contribution >= 4 is 39.1 Å². The topological polar surface area (TPSA) is 75.7 Å². The van der Waals surface area contributed by atoms with Crippen LogP contribution in [0.2, 0.25) is 0 Å². The minimum absolute atomic E-state index is 0.00685. The van der Waals surface area contributed by atoms with Gasteiger partial charge in [-0.2, -0.15) is 0 Å². The lowest BCUT2D eigenvalue weighted by Gasteiger charge is -2.25. The third-order valence-electron chi connectivity index (χ3n) is 5.94. The first kappa shape index (κ1) is 27.3. The summed E-state index contributed by atoms with van der Waals surface area (Å²) in [6.07, 6.45) is 0.815. The molecule has 0 saturated carbocycles. The molecular formula is C30H30N2O4S2. The Morgan fingerprint density at radius 2 is 1.61 bits per heavy atom. The maximum Gasteiger partial charge on any atom is 0.268 e. The second-order valence-corrected chi connectivity index (χ2v) is 11.6. The highest BCUT2D eigenvalue weighted by molar-refractivity contribution is 7.99. The number of benzene rings is 4. The van der Waals surface area contributed by atoms with Gasteiger partial charge in [0.25, 0.3) is 10.0 Å². The predicted octanol–water partition coefficient (Wildman–Crippen LogP) is 6.55. The number of hydrogen-bond donors (Lipinski definition) is 1. The Kier molecular flexibility index (Phi) is 8.76. The first-order valence-corrected chi connectivity index (χ1v) is 14.5. The summed E-state index contributed by atoms with van der Waals surface area (Å²) in [5, 5.41) is 2.92. The fourth-order valence-corrected chi connectivity index (χ4v) is 6.50. The Balaban J connectivity index is 1.67. The average Bonchev–Trinajstić information content (AvgIpc) is 2.93. The molecular weight excluding hydrogens is 516 g/mol. The van der Waals surface area contributed by atoms with Crippen LogP contribution >= 0.6 is 11.8 Å². The number of aryl methyl sites for hydroxylation is 2. The Labute approximate surface area is 228 Å². The lowest BCUT2D eigenvalue weighted by molar-refractivity contribution is -0.114. The number of hydrogen-bond acceptors (Lipinski definition) is 5. The number of nitrogens with zero attached hydrogens (tertiary/aromatic N) is 1. The van der Waals surface area contributed by atoms with Crippen LogP contribution in [0.1, 0.15) is 18.1 Å². The van der Waals surface area contributed by atoms with Gasteiger partial charge in [-0.05, 0) is 73.0 Å². The van der Waals surface area contributed by atoms with Gasteiger partial charge in [-0.25, -0.2) is 8.42 Å². The van der Waals surface area contributed by atoms with E-state index in [0.717, 1.165) is 31.6 Å². The highest BCUT2D eigenvalue weighted by Gasteiger charge is 2.30. The van der Waals surface area contributed by atoms with Gasteiger partial charge in [-0.3, -0.25) is 9.10 Å². The van der Waals surface area contributed by atoms with Crippen molar-refractivity contribution in [2.24, 2.45) is 0 Å². The Morgan fingerprint density at radius 3 is 2.29 bits per heavy atom. The molecule has 0 radical (unpaired) electrons. The number of amides is 1. The quantitative estimate of drug-likeness (QED) is 0.244. The molecule has 0 unspecified atom stereocenters. The van der Waals surface area contributed by atoms with Crippen molar-refractivity contribution in [2.75, 3.05) is 23.3 Å². The van der Waals surface area contributed by atoms with E-state index in [9.17, 15) is 13.2 Å². The van der Waals surface area contributed by atoms with E-state index in [2.05, 4.69) is 5.32 Å². The average molecular weight is 547 g/mol. The van der Waals surface area contributed by atoms with Crippen molar-refractivity contribution in [1.29, 1.82) is 0 Å². The molecule has 0 spiro atoms. The van der Waals surface area contributed by atoms with Gasteiger partial charge in [0.05, 0.1) is 18.5 Å². The summed E-state index contributed by atoms with van der Waals surface area (Å²) in [7, 11) is -2.71. The van der Waals surface area contributed by atoms with Crippen molar-refractivity contribution < 1.29 is 17.9 Å². The van der Waals surface area contributed by atoms with Crippen LogP contribution in [0.15, 0.2) is 112 Å². The van der Waals surface area contributed by atoms with E-state index in [1.165, 1.54) is 18.9 Å². The lowest BCUT2D eigenvalue weighted by atomic mass is 10.1. The molecule has 8 heteroatoms. The van der Waals surface area contributed by atoms with Gasteiger partial charge in [0.2, 0.25) is 5.91 Å². The number of nitrogens with one attached hydrogen (secondary N) is 1. The standard InChI is InChI=1S/C30H30N2O4S2/c1-4-23-15-17-24(18-16-23)32(38(34,35)29-20-22(2)14-19-27(29)36-3)21-30(33)31-26-12-8-9-13-28(26)37-25-10-6-5-7-11-25/h5-20H,4,21H2,1-3H3,(H,31,33). The number of carbonyl (C=O) groups is 1. The summed E-state index contributed by atoms with van der Waals surface area (Å²) in [5.74, 6) is -0.239. The first-order chi connectivity index (χ1) is 18.3. The molecule has 0 bridgehead atoms. The molecule has 4 aromatic rings. The number of rotatable bonds is 10. The van der Waals surface area contributed by atoms with Crippen molar-refractivity contribution in [3.05, 3.63) is 108 Å². The molecule has 38 heavy (non-hydrogen) atoms. The smallest absolute Gasteiger partial charge is 0.268 e. The monoisotopic (exact) mass is 546 g/mol. The van der Waals surface area contributed by atoms with E-state index in [-0.39, 0.29) is 10.6 Å². The van der Waals surface area contributed by atoms with Crippen molar-refractivity contribution in [3.8, 4) is 5.75 Å². The number of para-hydroxylation sites is 1. The van der Waals surface area contributed by atoms with Crippen LogP contribution in [0, 0.1) is 6.92 Å². The zero-order valence-corrected chi connectivity index (χ0v) is 23.2. The highest BCUT2D eigenvalue weighted by atomic mass is 32.2. The predicted molar refractivity (Wildman–Crippen MR) is 154 cm³/mol. The molecule has 0 aromatic heterocycles. The van der Waals surface area contributed by atoms with Gasteiger partial charge >= 0.3 is 0 Å². The normalized spacial score (nSPS) is 11.1. The second kappa shape index (κ2) is 12.2. The zero-order valence-electron chi connectivity index (χ0n) is 21.5. The molecule has 0 saturated heterocycles. The molecule has 0 heterocycles. The van der Waals surface area contributed by atoms with E-state index in [4.69, 9.17) is 4.74 Å². The van der Waals surface area contributed by atoms with E-state index < -0.39 is 22.5 Å². The Hall–Kier alpha value is -3.75. The Bertz CT molecular complexity index is 1510. The van der Waals surface area contributed by atoms with Crippen molar-refractivity contribution in [3.63, 3.8) is 0 Å². The third-order valence-corrected chi connectivity index (χ3v) is 8.82. The second-order valence-electron chi connectivity index (χ2n) is 8.65. The maximum absolute atomic E-state index is 14.0. The van der Waals surface area contributed by atoms with Gasteiger partial charge in [0, 0.05) is 9.79 Å². The molecule has 196 valence electrons. The highest BCUT2D eigenvalue weighted by Crippen LogP contribution is 2.34. The zero-order chi connectivity index (χ0) is 27.1. The summed E-state index contributed by atoms with van der Waals surface area (Å²) >= 11 is 1.52. The van der Waals surface area contributed by atoms with E-state index >= 15 is 0 Å². The maximum atomic E-state index is 14.0. The van der Waals surface area contributed by atoms with Crippen LogP contribution in [-0.2, 0) is 21.2 Å².